The summed E-state index contributed by atoms with van der Waals surface area (Å²) >= 11 is 0. The fourth-order valence-electron chi connectivity index (χ4n) is 2.00. The second kappa shape index (κ2) is 6.39. The van der Waals surface area contributed by atoms with E-state index in [0.29, 0.717) is 17.9 Å². The van der Waals surface area contributed by atoms with Gasteiger partial charge in [-0.15, -0.1) is 0 Å². The summed E-state index contributed by atoms with van der Waals surface area (Å²) in [6, 6.07) is 3.62. The molecule has 0 saturated heterocycles. The summed E-state index contributed by atoms with van der Waals surface area (Å²) in [7, 11) is 3.56. The molecule has 2 rings (SSSR count). The lowest BCUT2D eigenvalue weighted by Crippen LogP contribution is -2.27. The molecule has 6 nitrogen and oxygen atoms in total. The standard InChI is InChI=1S/C15H21N5O/c1-10(2)12-7-11(8-13(16-3)19-12)15(21)20(4)9-14-17-5-6-18-14/h5-8,10H,9H2,1-4H3,(H,16,19)(H,17,18). The molecule has 0 aliphatic rings. The predicted molar refractivity (Wildman–Crippen MR) is 82.3 cm³/mol. The van der Waals surface area contributed by atoms with Crippen molar-refractivity contribution in [1.29, 1.82) is 0 Å². The van der Waals surface area contributed by atoms with E-state index in [-0.39, 0.29) is 11.8 Å². The third-order valence-corrected chi connectivity index (χ3v) is 3.23. The molecule has 0 aromatic carbocycles. The number of carbonyl (C=O) groups is 1. The van der Waals surface area contributed by atoms with Crippen LogP contribution in [-0.4, -0.2) is 39.9 Å². The van der Waals surface area contributed by atoms with Crippen molar-refractivity contribution in [1.82, 2.24) is 19.9 Å². The fraction of sp³-hybridized carbons (Fsp3) is 0.400. The first-order valence-electron chi connectivity index (χ1n) is 6.94. The number of nitrogens with zero attached hydrogens (tertiary/aromatic N) is 3. The topological polar surface area (TPSA) is 73.9 Å². The second-order valence-corrected chi connectivity index (χ2v) is 5.27. The van der Waals surface area contributed by atoms with Crippen LogP contribution < -0.4 is 5.32 Å². The number of hydrogen-bond acceptors (Lipinski definition) is 4. The van der Waals surface area contributed by atoms with Gasteiger partial charge in [0.2, 0.25) is 0 Å². The minimum Gasteiger partial charge on any atom is -0.373 e. The Morgan fingerprint density at radius 3 is 2.76 bits per heavy atom. The van der Waals surface area contributed by atoms with Gasteiger partial charge < -0.3 is 15.2 Å². The molecule has 0 aliphatic carbocycles. The molecular formula is C15H21N5O. The summed E-state index contributed by atoms with van der Waals surface area (Å²) in [6.07, 6.45) is 3.42. The molecule has 2 aromatic rings. The normalized spacial score (nSPS) is 10.7. The Kier molecular flexibility index (Phi) is 4.57. The lowest BCUT2D eigenvalue weighted by molar-refractivity contribution is 0.0781. The van der Waals surface area contributed by atoms with Gasteiger partial charge >= 0.3 is 0 Å². The summed E-state index contributed by atoms with van der Waals surface area (Å²) in [4.78, 5) is 25.8. The number of aromatic nitrogens is 3. The molecule has 0 saturated carbocycles. The first kappa shape index (κ1) is 15.0. The zero-order valence-corrected chi connectivity index (χ0v) is 12.8. The highest BCUT2D eigenvalue weighted by Gasteiger charge is 2.16. The monoisotopic (exact) mass is 287 g/mol. The van der Waals surface area contributed by atoms with Gasteiger partial charge in [0.05, 0.1) is 6.54 Å². The van der Waals surface area contributed by atoms with Crippen LogP contribution in [0, 0.1) is 0 Å². The summed E-state index contributed by atoms with van der Waals surface area (Å²) in [5.41, 5.74) is 1.53. The number of imidazole rings is 1. The van der Waals surface area contributed by atoms with E-state index in [1.165, 1.54) is 0 Å². The Morgan fingerprint density at radius 1 is 1.43 bits per heavy atom. The van der Waals surface area contributed by atoms with E-state index >= 15 is 0 Å². The van der Waals surface area contributed by atoms with Gasteiger partial charge in [0, 0.05) is 37.7 Å². The van der Waals surface area contributed by atoms with E-state index in [9.17, 15) is 4.79 Å². The summed E-state index contributed by atoms with van der Waals surface area (Å²) < 4.78 is 0. The SMILES string of the molecule is CNc1cc(C(=O)N(C)Cc2ncc[nH]2)cc(C(C)C)n1. The van der Waals surface area contributed by atoms with Gasteiger partial charge in [0.25, 0.3) is 5.91 Å². The van der Waals surface area contributed by atoms with Crippen LogP contribution in [0.25, 0.3) is 0 Å². The number of hydrogen-bond donors (Lipinski definition) is 2. The lowest BCUT2D eigenvalue weighted by Gasteiger charge is -2.17. The van der Waals surface area contributed by atoms with E-state index in [1.807, 2.05) is 6.07 Å². The number of H-pyrrole nitrogens is 1. The minimum atomic E-state index is -0.0489. The van der Waals surface area contributed by atoms with Gasteiger partial charge in [-0.25, -0.2) is 9.97 Å². The molecule has 21 heavy (non-hydrogen) atoms. The third-order valence-electron chi connectivity index (χ3n) is 3.23. The first-order chi connectivity index (χ1) is 10.0. The number of pyridine rings is 1. The zero-order chi connectivity index (χ0) is 15.4. The van der Waals surface area contributed by atoms with Gasteiger partial charge in [-0.2, -0.15) is 0 Å². The summed E-state index contributed by atoms with van der Waals surface area (Å²) in [6.45, 7) is 4.56. The van der Waals surface area contributed by atoms with Crippen LogP contribution in [0.5, 0.6) is 0 Å². The number of amides is 1. The molecule has 0 atom stereocenters. The molecule has 0 fully saturated rings. The van der Waals surface area contributed by atoms with Gasteiger partial charge in [-0.1, -0.05) is 13.8 Å². The maximum Gasteiger partial charge on any atom is 0.254 e. The highest BCUT2D eigenvalue weighted by Crippen LogP contribution is 2.18. The highest BCUT2D eigenvalue weighted by molar-refractivity contribution is 5.94. The highest BCUT2D eigenvalue weighted by atomic mass is 16.2. The molecule has 112 valence electrons. The average Bonchev–Trinajstić information content (AvgIpc) is 2.98. The van der Waals surface area contributed by atoms with Crippen molar-refractivity contribution in [2.45, 2.75) is 26.3 Å². The maximum absolute atomic E-state index is 12.5. The van der Waals surface area contributed by atoms with Crippen molar-refractivity contribution >= 4 is 11.7 Å². The molecule has 1 amide bonds. The lowest BCUT2D eigenvalue weighted by atomic mass is 10.1. The molecule has 2 heterocycles. The quantitative estimate of drug-likeness (QED) is 0.884. The molecule has 0 bridgehead atoms. The fourth-order valence-corrected chi connectivity index (χ4v) is 2.00. The number of nitrogens with one attached hydrogen (secondary N) is 2. The molecule has 0 aliphatic heterocycles. The molecular weight excluding hydrogens is 266 g/mol. The van der Waals surface area contributed by atoms with Crippen LogP contribution in [0.2, 0.25) is 0 Å². The molecule has 0 unspecified atom stereocenters. The van der Waals surface area contributed by atoms with E-state index in [4.69, 9.17) is 0 Å². The van der Waals surface area contributed by atoms with Gasteiger partial charge in [0.15, 0.2) is 0 Å². The number of anilines is 1. The first-order valence-corrected chi connectivity index (χ1v) is 6.94. The third kappa shape index (κ3) is 3.59. The Bertz CT molecular complexity index is 607. The zero-order valence-electron chi connectivity index (χ0n) is 12.8. The van der Waals surface area contributed by atoms with Crippen molar-refractivity contribution in [3.8, 4) is 0 Å². The average molecular weight is 287 g/mol. The van der Waals surface area contributed by atoms with E-state index < -0.39 is 0 Å². The van der Waals surface area contributed by atoms with Gasteiger partial charge in [0.1, 0.15) is 11.6 Å². The molecule has 2 N–H and O–H groups in total. The summed E-state index contributed by atoms with van der Waals surface area (Å²) in [5, 5.41) is 3.00. The van der Waals surface area contributed by atoms with Crippen molar-refractivity contribution in [2.24, 2.45) is 0 Å². The molecule has 0 radical (unpaired) electrons. The van der Waals surface area contributed by atoms with Crippen molar-refractivity contribution in [2.75, 3.05) is 19.4 Å². The molecule has 6 heteroatoms. The smallest absolute Gasteiger partial charge is 0.254 e. The van der Waals surface area contributed by atoms with Crippen LogP contribution >= 0.6 is 0 Å². The van der Waals surface area contributed by atoms with Crippen LogP contribution in [0.15, 0.2) is 24.5 Å². The van der Waals surface area contributed by atoms with E-state index in [1.54, 1.807) is 37.5 Å². The number of rotatable bonds is 5. The van der Waals surface area contributed by atoms with Crippen LogP contribution in [0.3, 0.4) is 0 Å². The van der Waals surface area contributed by atoms with Crippen LogP contribution in [-0.2, 0) is 6.54 Å². The largest absolute Gasteiger partial charge is 0.373 e. The van der Waals surface area contributed by atoms with E-state index in [0.717, 1.165) is 11.5 Å². The van der Waals surface area contributed by atoms with Gasteiger partial charge in [-0.05, 0) is 18.1 Å². The Hall–Kier alpha value is -2.37. The minimum absolute atomic E-state index is 0.0489. The number of carbonyl (C=O) groups excluding carboxylic acids is 1. The second-order valence-electron chi connectivity index (χ2n) is 5.27. The Balaban J connectivity index is 2.23. The molecule has 2 aromatic heterocycles. The van der Waals surface area contributed by atoms with Crippen LogP contribution in [0.1, 0.15) is 41.6 Å². The molecule has 0 spiro atoms. The van der Waals surface area contributed by atoms with Crippen molar-refractivity contribution in [3.63, 3.8) is 0 Å². The van der Waals surface area contributed by atoms with Crippen molar-refractivity contribution < 1.29 is 4.79 Å². The van der Waals surface area contributed by atoms with Crippen molar-refractivity contribution in [3.05, 3.63) is 41.6 Å². The number of aromatic amines is 1. The van der Waals surface area contributed by atoms with Gasteiger partial charge in [-0.3, -0.25) is 4.79 Å². The summed E-state index contributed by atoms with van der Waals surface area (Å²) in [5.74, 6) is 1.68. The van der Waals surface area contributed by atoms with Crippen LogP contribution in [0.4, 0.5) is 5.82 Å². The van der Waals surface area contributed by atoms with E-state index in [2.05, 4.69) is 34.1 Å². The Morgan fingerprint density at radius 2 is 2.19 bits per heavy atom. The Labute approximate surface area is 124 Å². The maximum atomic E-state index is 12.5. The predicted octanol–water partition coefficient (Wildman–Crippen LogP) is 2.24.